The summed E-state index contributed by atoms with van der Waals surface area (Å²) < 4.78 is 38.8. The molecule has 7 nitrogen and oxygen atoms in total. The first-order valence-corrected chi connectivity index (χ1v) is 12.0. The molecule has 31 heavy (non-hydrogen) atoms. The Morgan fingerprint density at radius 3 is 2.45 bits per heavy atom. The summed E-state index contributed by atoms with van der Waals surface area (Å²) in [6.45, 7) is 1.52. The lowest BCUT2D eigenvalue weighted by molar-refractivity contribution is -0.118. The molecule has 1 saturated carbocycles. The number of hydrogen-bond donors (Lipinski definition) is 2. The van der Waals surface area contributed by atoms with E-state index in [4.69, 9.17) is 21.1 Å². The van der Waals surface area contributed by atoms with Gasteiger partial charge in [0.15, 0.2) is 6.61 Å². The Morgan fingerprint density at radius 1 is 1.10 bits per heavy atom. The second-order valence-corrected chi connectivity index (χ2v) is 9.69. The van der Waals surface area contributed by atoms with E-state index in [0.717, 1.165) is 32.1 Å². The van der Waals surface area contributed by atoms with Crippen molar-refractivity contribution in [3.63, 3.8) is 0 Å². The average Bonchev–Trinajstić information content (AvgIpc) is 2.73. The molecule has 9 heteroatoms. The fourth-order valence-electron chi connectivity index (χ4n) is 3.54. The number of aryl methyl sites for hydroxylation is 1. The van der Waals surface area contributed by atoms with Crippen molar-refractivity contribution in [1.29, 1.82) is 0 Å². The number of benzene rings is 2. The first-order chi connectivity index (χ1) is 14.8. The fourth-order valence-corrected chi connectivity index (χ4v) is 5.19. The highest BCUT2D eigenvalue weighted by atomic mass is 35.5. The van der Waals surface area contributed by atoms with Crippen LogP contribution in [0.1, 0.15) is 37.7 Å². The van der Waals surface area contributed by atoms with Gasteiger partial charge in [0.2, 0.25) is 10.0 Å². The Kier molecular flexibility index (Phi) is 7.80. The average molecular weight is 467 g/mol. The Morgan fingerprint density at radius 2 is 1.81 bits per heavy atom. The number of ether oxygens (including phenoxy) is 2. The molecular weight excluding hydrogens is 440 g/mol. The molecule has 1 fully saturated rings. The van der Waals surface area contributed by atoms with E-state index in [1.54, 1.807) is 37.3 Å². The van der Waals surface area contributed by atoms with Crippen LogP contribution in [0, 0.1) is 6.92 Å². The molecule has 3 rings (SSSR count). The van der Waals surface area contributed by atoms with E-state index in [0.29, 0.717) is 27.8 Å². The Balaban J connectivity index is 1.58. The smallest absolute Gasteiger partial charge is 0.262 e. The van der Waals surface area contributed by atoms with Crippen LogP contribution in [-0.2, 0) is 14.8 Å². The first kappa shape index (κ1) is 23.4. The van der Waals surface area contributed by atoms with Crippen LogP contribution in [0.3, 0.4) is 0 Å². The van der Waals surface area contributed by atoms with Crippen LogP contribution in [0.5, 0.6) is 11.5 Å². The van der Waals surface area contributed by atoms with Gasteiger partial charge in [-0.3, -0.25) is 4.79 Å². The van der Waals surface area contributed by atoms with Crippen molar-refractivity contribution in [1.82, 2.24) is 4.72 Å². The van der Waals surface area contributed by atoms with Crippen LogP contribution in [0.15, 0.2) is 41.3 Å². The molecule has 0 radical (unpaired) electrons. The van der Waals surface area contributed by atoms with E-state index in [2.05, 4.69) is 10.0 Å². The highest BCUT2D eigenvalue weighted by molar-refractivity contribution is 7.89. The van der Waals surface area contributed by atoms with Gasteiger partial charge in [-0.2, -0.15) is 0 Å². The topological polar surface area (TPSA) is 93.7 Å². The first-order valence-electron chi connectivity index (χ1n) is 10.2. The fraction of sp³-hybridized carbons (Fsp3) is 0.409. The third kappa shape index (κ3) is 6.35. The van der Waals surface area contributed by atoms with Crippen LogP contribution in [-0.4, -0.2) is 34.1 Å². The quantitative estimate of drug-likeness (QED) is 0.605. The maximum absolute atomic E-state index is 12.7. The number of rotatable bonds is 8. The number of nitrogens with one attached hydrogen (secondary N) is 2. The highest BCUT2D eigenvalue weighted by Crippen LogP contribution is 2.27. The number of sulfonamides is 1. The Labute approximate surface area is 188 Å². The largest absolute Gasteiger partial charge is 0.495 e. The van der Waals surface area contributed by atoms with E-state index < -0.39 is 10.0 Å². The number of halogens is 1. The third-order valence-electron chi connectivity index (χ3n) is 5.18. The lowest BCUT2D eigenvalue weighted by atomic mass is 9.96. The maximum Gasteiger partial charge on any atom is 0.262 e. The predicted octanol–water partition coefficient (Wildman–Crippen LogP) is 4.29. The van der Waals surface area contributed by atoms with Crippen LogP contribution in [0.2, 0.25) is 5.02 Å². The minimum absolute atomic E-state index is 0.00913. The molecular formula is C22H27ClN2O5S. The number of anilines is 1. The minimum Gasteiger partial charge on any atom is -0.495 e. The van der Waals surface area contributed by atoms with Crippen molar-refractivity contribution in [3.8, 4) is 11.5 Å². The normalized spacial score (nSPS) is 14.8. The van der Waals surface area contributed by atoms with Crippen LogP contribution in [0.4, 0.5) is 5.69 Å². The molecule has 0 unspecified atom stereocenters. The highest BCUT2D eigenvalue weighted by Gasteiger charge is 2.22. The number of amides is 1. The zero-order valence-electron chi connectivity index (χ0n) is 17.6. The van der Waals surface area contributed by atoms with Gasteiger partial charge in [0.1, 0.15) is 11.5 Å². The second kappa shape index (κ2) is 10.3. The molecule has 1 aliphatic rings. The summed E-state index contributed by atoms with van der Waals surface area (Å²) in [7, 11) is -2.08. The van der Waals surface area contributed by atoms with Gasteiger partial charge in [0, 0.05) is 11.7 Å². The number of methoxy groups -OCH3 is 1. The molecule has 2 aromatic carbocycles. The van der Waals surface area contributed by atoms with Gasteiger partial charge in [-0.15, -0.1) is 0 Å². The summed E-state index contributed by atoms with van der Waals surface area (Å²) >= 11 is 6.06. The van der Waals surface area contributed by atoms with Crippen molar-refractivity contribution in [2.24, 2.45) is 0 Å². The zero-order chi connectivity index (χ0) is 22.4. The Bertz CT molecular complexity index is 1040. The number of carbonyl (C=O) groups is 1. The summed E-state index contributed by atoms with van der Waals surface area (Å²) in [5, 5.41) is 3.08. The molecule has 168 valence electrons. The van der Waals surface area contributed by atoms with Gasteiger partial charge in [0.25, 0.3) is 5.91 Å². The van der Waals surface area contributed by atoms with Gasteiger partial charge in [-0.05, 0) is 61.7 Å². The molecule has 2 aromatic rings. The van der Waals surface area contributed by atoms with Gasteiger partial charge < -0.3 is 14.8 Å². The zero-order valence-corrected chi connectivity index (χ0v) is 19.2. The van der Waals surface area contributed by atoms with Crippen molar-refractivity contribution < 1.29 is 22.7 Å². The van der Waals surface area contributed by atoms with Crippen molar-refractivity contribution >= 4 is 33.2 Å². The maximum atomic E-state index is 12.7. The summed E-state index contributed by atoms with van der Waals surface area (Å²) in [6, 6.07) is 9.53. The minimum atomic E-state index is -3.59. The second-order valence-electron chi connectivity index (χ2n) is 7.57. The monoisotopic (exact) mass is 466 g/mol. The van der Waals surface area contributed by atoms with E-state index in [1.807, 2.05) is 0 Å². The molecule has 0 atom stereocenters. The lowest BCUT2D eigenvalue weighted by Crippen LogP contribution is -2.36. The molecule has 0 bridgehead atoms. The third-order valence-corrected chi connectivity index (χ3v) is 6.99. The molecule has 0 heterocycles. The summed E-state index contributed by atoms with van der Waals surface area (Å²) in [5.41, 5.74) is 1.15. The lowest BCUT2D eigenvalue weighted by Gasteiger charge is -2.22. The molecule has 1 amide bonds. The van der Waals surface area contributed by atoms with Gasteiger partial charge in [-0.1, -0.05) is 30.9 Å². The molecule has 2 N–H and O–H groups in total. The van der Waals surface area contributed by atoms with Crippen molar-refractivity contribution in [2.45, 2.75) is 50.0 Å². The van der Waals surface area contributed by atoms with E-state index >= 15 is 0 Å². The molecule has 0 aliphatic heterocycles. The van der Waals surface area contributed by atoms with Crippen molar-refractivity contribution in [3.05, 3.63) is 47.0 Å². The van der Waals surface area contributed by atoms with Gasteiger partial charge >= 0.3 is 0 Å². The van der Waals surface area contributed by atoms with E-state index in [-0.39, 0.29) is 23.5 Å². The van der Waals surface area contributed by atoms with Crippen LogP contribution in [0.25, 0.3) is 0 Å². The molecule has 0 saturated heterocycles. The molecule has 0 spiro atoms. The Hall–Kier alpha value is -2.29. The summed E-state index contributed by atoms with van der Waals surface area (Å²) in [6.07, 6.45) is 4.98. The SMILES string of the molecule is COc1ccc(NC(=O)COc2ccc(S(=O)(=O)NC3CCCCC3)cc2C)cc1Cl. The molecule has 0 aromatic heterocycles. The van der Waals surface area contributed by atoms with E-state index in [9.17, 15) is 13.2 Å². The molecule has 1 aliphatic carbocycles. The van der Waals surface area contributed by atoms with Gasteiger partial charge in [-0.25, -0.2) is 13.1 Å². The van der Waals surface area contributed by atoms with E-state index in [1.165, 1.54) is 13.2 Å². The standard InChI is InChI=1S/C22H27ClN2O5S/c1-15-12-18(31(27,28)25-16-6-4-3-5-7-16)9-11-20(15)30-14-22(26)24-17-8-10-21(29-2)19(23)13-17/h8-13,16,25H,3-7,14H2,1-2H3,(H,24,26). The van der Waals surface area contributed by atoms with Crippen molar-refractivity contribution in [2.75, 3.05) is 19.0 Å². The predicted molar refractivity (Wildman–Crippen MR) is 121 cm³/mol. The number of hydrogen-bond acceptors (Lipinski definition) is 5. The summed E-state index contributed by atoms with van der Waals surface area (Å²) in [4.78, 5) is 12.4. The van der Waals surface area contributed by atoms with Crippen LogP contribution >= 0.6 is 11.6 Å². The summed E-state index contributed by atoms with van der Waals surface area (Å²) in [5.74, 6) is 0.593. The van der Waals surface area contributed by atoms with Crippen LogP contribution < -0.4 is 19.5 Å². The van der Waals surface area contributed by atoms with Gasteiger partial charge in [0.05, 0.1) is 17.0 Å². The number of carbonyl (C=O) groups excluding carboxylic acids is 1.